The van der Waals surface area contributed by atoms with E-state index in [-0.39, 0.29) is 17.5 Å². The Bertz CT molecular complexity index is 1200. The fourth-order valence-corrected chi connectivity index (χ4v) is 3.90. The molecule has 1 unspecified atom stereocenters. The number of hydrogen-bond donors (Lipinski definition) is 1. The zero-order valence-electron chi connectivity index (χ0n) is 21.0. The number of alkyl halides is 10. The van der Waals surface area contributed by atoms with E-state index in [2.05, 4.69) is 16.1 Å². The van der Waals surface area contributed by atoms with Crippen LogP contribution in [0.4, 0.5) is 43.9 Å². The number of ether oxygens (including phenoxy) is 2. The van der Waals surface area contributed by atoms with Crippen molar-refractivity contribution in [3.63, 3.8) is 0 Å². The molecular formula is C27H24F10O3. The molecule has 0 heterocycles. The number of rotatable bonds is 11. The lowest BCUT2D eigenvalue weighted by Crippen LogP contribution is -2.53. The van der Waals surface area contributed by atoms with Gasteiger partial charge in [-0.05, 0) is 49.1 Å². The third-order valence-corrected chi connectivity index (χ3v) is 6.04. The van der Waals surface area contributed by atoms with Crippen LogP contribution in [0.1, 0.15) is 42.9 Å². The van der Waals surface area contributed by atoms with Crippen molar-refractivity contribution >= 4 is 0 Å². The first-order valence-corrected chi connectivity index (χ1v) is 11.4. The second-order valence-electron chi connectivity index (χ2n) is 8.45. The molecule has 0 aliphatic heterocycles. The van der Waals surface area contributed by atoms with Crippen molar-refractivity contribution < 1.29 is 58.5 Å². The zero-order chi connectivity index (χ0) is 30.5. The molecule has 0 saturated carbocycles. The second kappa shape index (κ2) is 12.8. The summed E-state index contributed by atoms with van der Waals surface area (Å²) in [6.45, 7) is 0.212. The number of allylic oxidation sites excluding steroid dienone is 5. The minimum atomic E-state index is -6.10. The Balaban J connectivity index is 2.74. The van der Waals surface area contributed by atoms with E-state index in [1.165, 1.54) is 12.1 Å². The normalized spacial score (nSPS) is 14.5. The van der Waals surface area contributed by atoms with Gasteiger partial charge in [-0.3, -0.25) is 0 Å². The first-order valence-electron chi connectivity index (χ1n) is 11.4. The van der Waals surface area contributed by atoms with Crippen LogP contribution >= 0.6 is 0 Å². The van der Waals surface area contributed by atoms with Gasteiger partial charge in [0.05, 0.1) is 0 Å². The fourth-order valence-electron chi connectivity index (χ4n) is 3.90. The maximum absolute atomic E-state index is 13.3. The van der Waals surface area contributed by atoms with Crippen LogP contribution in [0.5, 0.6) is 11.5 Å². The molecule has 0 spiro atoms. The first-order chi connectivity index (χ1) is 18.5. The molecule has 2 aromatic rings. The minimum Gasteiger partial charge on any atom is -0.431 e. The number of aliphatic hydroxyl groups is 1. The number of benzene rings is 2. The van der Waals surface area contributed by atoms with Gasteiger partial charge < -0.3 is 14.6 Å². The summed E-state index contributed by atoms with van der Waals surface area (Å²) in [5, 5.41) is 9.70. The summed E-state index contributed by atoms with van der Waals surface area (Å²) in [5.74, 6) is -2.42. The Hall–Kier alpha value is -3.48. The van der Waals surface area contributed by atoms with Crippen molar-refractivity contribution in [2.45, 2.75) is 57.4 Å². The average molecular weight is 586 g/mol. The van der Waals surface area contributed by atoms with Crippen molar-refractivity contribution in [1.29, 1.82) is 0 Å². The smallest absolute Gasteiger partial charge is 0.430 e. The van der Waals surface area contributed by atoms with E-state index in [1.54, 1.807) is 26.0 Å². The monoisotopic (exact) mass is 586 g/mol. The van der Waals surface area contributed by atoms with Crippen LogP contribution in [0, 0.1) is 0 Å². The van der Waals surface area contributed by atoms with Gasteiger partial charge in [0.1, 0.15) is 0 Å². The van der Waals surface area contributed by atoms with Crippen LogP contribution in [0.2, 0.25) is 0 Å². The van der Waals surface area contributed by atoms with Crippen LogP contribution in [0.25, 0.3) is 0 Å². The Labute approximate surface area is 223 Å². The molecule has 0 amide bonds. The molecule has 40 heavy (non-hydrogen) atoms. The van der Waals surface area contributed by atoms with Gasteiger partial charge in [-0.25, -0.2) is 0 Å². The maximum atomic E-state index is 13.3. The average Bonchev–Trinajstić information content (AvgIpc) is 2.85. The van der Waals surface area contributed by atoms with Gasteiger partial charge in [0, 0.05) is 11.5 Å². The quantitative estimate of drug-likeness (QED) is 0.211. The van der Waals surface area contributed by atoms with E-state index in [0.29, 0.717) is 23.3 Å². The summed E-state index contributed by atoms with van der Waals surface area (Å²) in [7, 11) is 0. The van der Waals surface area contributed by atoms with Gasteiger partial charge in [-0.1, -0.05) is 60.7 Å². The van der Waals surface area contributed by atoms with E-state index in [1.807, 2.05) is 0 Å². The molecule has 1 N–H and O–H groups in total. The molecule has 0 aliphatic rings. The number of halogens is 10. The van der Waals surface area contributed by atoms with E-state index in [9.17, 15) is 49.0 Å². The van der Waals surface area contributed by atoms with E-state index in [0.717, 1.165) is 24.3 Å². The van der Waals surface area contributed by atoms with Crippen molar-refractivity contribution in [3.05, 3.63) is 95.1 Å². The Morgan fingerprint density at radius 1 is 0.850 bits per heavy atom. The van der Waals surface area contributed by atoms with Crippen LogP contribution in [-0.4, -0.2) is 30.7 Å². The van der Waals surface area contributed by atoms with Crippen LogP contribution in [-0.2, 0) is 5.60 Å². The topological polar surface area (TPSA) is 38.7 Å². The van der Waals surface area contributed by atoms with Gasteiger partial charge in [0.2, 0.25) is 0 Å². The summed E-state index contributed by atoms with van der Waals surface area (Å²) in [5.41, 5.74) is -5.09. The van der Waals surface area contributed by atoms with E-state index < -0.39 is 54.2 Å². The van der Waals surface area contributed by atoms with Crippen LogP contribution < -0.4 is 9.47 Å². The lowest BCUT2D eigenvalue weighted by Gasteiger charge is -2.33. The molecule has 2 rings (SSSR count). The predicted octanol–water partition coefficient (Wildman–Crippen LogP) is 8.80. The first kappa shape index (κ1) is 32.7. The Morgan fingerprint density at radius 2 is 1.35 bits per heavy atom. The minimum absolute atomic E-state index is 0.0213. The predicted molar refractivity (Wildman–Crippen MR) is 126 cm³/mol. The van der Waals surface area contributed by atoms with Crippen molar-refractivity contribution in [2.24, 2.45) is 0 Å². The molecule has 0 aromatic heterocycles. The largest absolute Gasteiger partial charge is 0.431 e. The molecule has 13 heteroatoms. The van der Waals surface area contributed by atoms with Crippen LogP contribution in [0.3, 0.4) is 0 Å². The van der Waals surface area contributed by atoms with Gasteiger partial charge in [-0.15, -0.1) is 0 Å². The lowest BCUT2D eigenvalue weighted by molar-refractivity contribution is -0.376. The SMILES string of the molecule is C=C/C=C(CC(c1ccc(C(O)(C(F)(F)F)C(F)(F)F)cc1)c1ccc(OC(F)F)c(OC(F)F)c1)\C(C)=C/C. The maximum Gasteiger partial charge on any atom is 0.430 e. The highest BCUT2D eigenvalue weighted by Gasteiger charge is 2.71. The molecule has 3 nitrogen and oxygen atoms in total. The highest BCUT2D eigenvalue weighted by Crippen LogP contribution is 2.50. The molecule has 0 radical (unpaired) electrons. The standard InChI is InChI=1S/C27H24F10O3/c1-4-6-17(15(3)5-2)13-20(18-9-12-21(39-23(28)29)22(14-18)40-24(30)31)16-7-10-19(11-8-16)25(38,26(32,33)34)27(35,36)37/h4-12,14,20,23-24,38H,1,13H2,2-3H3/b15-5-,17-6-. The second-order valence-corrected chi connectivity index (χ2v) is 8.45. The van der Waals surface area contributed by atoms with Crippen molar-refractivity contribution in [2.75, 3.05) is 0 Å². The molecule has 0 saturated heterocycles. The van der Waals surface area contributed by atoms with Crippen molar-refractivity contribution in [3.8, 4) is 11.5 Å². The third-order valence-electron chi connectivity index (χ3n) is 6.04. The van der Waals surface area contributed by atoms with E-state index >= 15 is 0 Å². The van der Waals surface area contributed by atoms with E-state index in [4.69, 9.17) is 0 Å². The molecule has 1 atom stereocenters. The number of hydrogen-bond acceptors (Lipinski definition) is 3. The summed E-state index contributed by atoms with van der Waals surface area (Å²) in [4.78, 5) is 0. The lowest BCUT2D eigenvalue weighted by atomic mass is 9.82. The molecular weight excluding hydrogens is 562 g/mol. The molecule has 2 aromatic carbocycles. The summed E-state index contributed by atoms with van der Waals surface area (Å²) < 4.78 is 140. The van der Waals surface area contributed by atoms with Gasteiger partial charge in [0.25, 0.3) is 5.60 Å². The zero-order valence-corrected chi connectivity index (χ0v) is 21.0. The third kappa shape index (κ3) is 7.38. The Morgan fingerprint density at radius 3 is 1.80 bits per heavy atom. The fraction of sp³-hybridized carbons (Fsp3) is 0.333. The molecule has 220 valence electrons. The highest BCUT2D eigenvalue weighted by molar-refractivity contribution is 5.48. The van der Waals surface area contributed by atoms with Gasteiger partial charge >= 0.3 is 25.6 Å². The highest BCUT2D eigenvalue weighted by atomic mass is 19.4. The summed E-state index contributed by atoms with van der Waals surface area (Å²) >= 11 is 0. The Kier molecular flexibility index (Phi) is 10.5. The van der Waals surface area contributed by atoms with Crippen LogP contribution in [0.15, 0.2) is 78.4 Å². The van der Waals surface area contributed by atoms with Gasteiger partial charge in [0.15, 0.2) is 11.5 Å². The molecule has 0 bridgehead atoms. The summed E-state index contributed by atoms with van der Waals surface area (Å²) in [6, 6.07) is 5.83. The van der Waals surface area contributed by atoms with Crippen molar-refractivity contribution in [1.82, 2.24) is 0 Å². The molecule has 0 fully saturated rings. The summed E-state index contributed by atoms with van der Waals surface area (Å²) in [6.07, 6.45) is -7.44. The van der Waals surface area contributed by atoms with Gasteiger partial charge in [-0.2, -0.15) is 43.9 Å². The molecule has 0 aliphatic carbocycles.